The third-order valence-corrected chi connectivity index (χ3v) is 8.93. The summed E-state index contributed by atoms with van der Waals surface area (Å²) < 4.78 is 8.69. The van der Waals surface area contributed by atoms with Crippen LogP contribution in [-0.2, 0) is 35.4 Å². The van der Waals surface area contributed by atoms with Crippen molar-refractivity contribution in [2.45, 2.75) is 79.8 Å². The molecule has 1 aliphatic heterocycles. The first-order valence-electron chi connectivity index (χ1n) is 15.4. The zero-order valence-corrected chi connectivity index (χ0v) is 27.4. The Morgan fingerprint density at radius 2 is 1.70 bits per heavy atom. The number of aromatic nitrogens is 1. The van der Waals surface area contributed by atoms with E-state index in [0.717, 1.165) is 58.4 Å². The number of carbonyl (C=O) groups excluding carboxylic acids is 1. The van der Waals surface area contributed by atoms with Crippen LogP contribution in [0.2, 0.25) is 5.02 Å². The van der Waals surface area contributed by atoms with Crippen LogP contribution in [0.3, 0.4) is 0 Å². The molecular formula is C37H43ClN2O4. The largest absolute Gasteiger partial charge is 0.491 e. The standard InChI is InChI=1S/C37H43ClN2O4/c1-24(41)40-28(19-26-9-7-8-10-32(26)40)23-44-29-15-16-33-31(20-29)30(17-18-36(2,3)4)34(21-37(5,6)35(42)43)39(33)22-25-11-13-27(38)14-12-25/h7-16,20,28H,17-19,21-23H2,1-6H3,(H,42,43)/t28-/m0/s1. The number of benzene rings is 3. The molecule has 1 aromatic heterocycles. The third-order valence-electron chi connectivity index (χ3n) is 8.68. The zero-order chi connectivity index (χ0) is 31.8. The molecule has 2 heterocycles. The Hall–Kier alpha value is -3.77. The second-order valence-electron chi connectivity index (χ2n) is 13.9. The summed E-state index contributed by atoms with van der Waals surface area (Å²) in [5, 5.41) is 11.9. The van der Waals surface area contributed by atoms with E-state index in [4.69, 9.17) is 16.3 Å². The van der Waals surface area contributed by atoms with Crippen LogP contribution in [-0.4, -0.2) is 34.2 Å². The van der Waals surface area contributed by atoms with Crippen molar-refractivity contribution in [2.75, 3.05) is 11.5 Å². The molecule has 232 valence electrons. The lowest BCUT2D eigenvalue weighted by Crippen LogP contribution is -2.40. The number of aliphatic carboxylic acids is 1. The van der Waals surface area contributed by atoms with Gasteiger partial charge in [-0.2, -0.15) is 0 Å². The van der Waals surface area contributed by atoms with E-state index in [1.807, 2.05) is 53.4 Å². The fourth-order valence-corrected chi connectivity index (χ4v) is 6.31. The van der Waals surface area contributed by atoms with Crippen molar-refractivity contribution < 1.29 is 19.4 Å². The number of nitrogens with zero attached hydrogens (tertiary/aromatic N) is 2. The maximum absolute atomic E-state index is 12.6. The van der Waals surface area contributed by atoms with Crippen LogP contribution in [0.15, 0.2) is 66.7 Å². The molecule has 0 saturated carbocycles. The third kappa shape index (κ3) is 6.81. The average Bonchev–Trinajstić information content (AvgIpc) is 3.46. The maximum atomic E-state index is 12.6. The van der Waals surface area contributed by atoms with Crippen molar-refractivity contribution in [3.8, 4) is 5.75 Å². The summed E-state index contributed by atoms with van der Waals surface area (Å²) in [6.07, 6.45) is 2.92. The van der Waals surface area contributed by atoms with Crippen LogP contribution in [0.5, 0.6) is 5.75 Å². The smallest absolute Gasteiger partial charge is 0.309 e. The van der Waals surface area contributed by atoms with Crippen molar-refractivity contribution in [2.24, 2.45) is 10.8 Å². The van der Waals surface area contributed by atoms with Gasteiger partial charge in [0.1, 0.15) is 12.4 Å². The zero-order valence-electron chi connectivity index (χ0n) is 26.6. The van der Waals surface area contributed by atoms with Gasteiger partial charge in [-0.15, -0.1) is 0 Å². The first-order chi connectivity index (χ1) is 20.7. The second-order valence-corrected chi connectivity index (χ2v) is 14.4. The van der Waals surface area contributed by atoms with Crippen LogP contribution in [0, 0.1) is 10.8 Å². The van der Waals surface area contributed by atoms with E-state index in [-0.39, 0.29) is 17.4 Å². The Kier molecular flexibility index (Phi) is 8.86. The Morgan fingerprint density at radius 3 is 2.36 bits per heavy atom. The van der Waals surface area contributed by atoms with Gasteiger partial charge in [-0.25, -0.2) is 0 Å². The SMILES string of the molecule is CC(=O)N1c2ccccc2C[C@H]1COc1ccc2c(c1)c(CCC(C)(C)C)c(CC(C)(C)C(=O)O)n2Cc1ccc(Cl)cc1. The van der Waals surface area contributed by atoms with Gasteiger partial charge < -0.3 is 19.3 Å². The molecule has 44 heavy (non-hydrogen) atoms. The minimum absolute atomic E-state index is 0.00781. The number of fused-ring (bicyclic) bond motifs is 2. The van der Waals surface area contributed by atoms with Crippen molar-refractivity contribution in [1.82, 2.24) is 4.57 Å². The van der Waals surface area contributed by atoms with Crippen LogP contribution < -0.4 is 9.64 Å². The van der Waals surface area contributed by atoms with Gasteiger partial charge in [-0.05, 0) is 91.6 Å². The summed E-state index contributed by atoms with van der Waals surface area (Å²) in [4.78, 5) is 26.8. The molecule has 0 saturated heterocycles. The highest BCUT2D eigenvalue weighted by atomic mass is 35.5. The van der Waals surface area contributed by atoms with E-state index in [0.29, 0.717) is 24.6 Å². The summed E-state index contributed by atoms with van der Waals surface area (Å²) in [6, 6.07) is 21.9. The molecule has 0 fully saturated rings. The van der Waals surface area contributed by atoms with Gasteiger partial charge in [0.05, 0.1) is 11.5 Å². The van der Waals surface area contributed by atoms with E-state index >= 15 is 0 Å². The first-order valence-corrected chi connectivity index (χ1v) is 15.7. The Bertz CT molecular complexity index is 1680. The number of hydrogen-bond donors (Lipinski definition) is 1. The van der Waals surface area contributed by atoms with Crippen LogP contribution >= 0.6 is 11.6 Å². The number of halogens is 1. The van der Waals surface area contributed by atoms with Crippen molar-refractivity contribution in [1.29, 1.82) is 0 Å². The second kappa shape index (κ2) is 12.3. The van der Waals surface area contributed by atoms with Crippen LogP contribution in [0.4, 0.5) is 5.69 Å². The number of carbonyl (C=O) groups is 2. The predicted octanol–water partition coefficient (Wildman–Crippen LogP) is 8.33. The number of amides is 1. The van der Waals surface area contributed by atoms with Gasteiger partial charge in [-0.3, -0.25) is 9.59 Å². The molecule has 0 unspecified atom stereocenters. The van der Waals surface area contributed by atoms with E-state index in [1.54, 1.807) is 20.8 Å². The minimum atomic E-state index is -0.949. The highest BCUT2D eigenvalue weighted by molar-refractivity contribution is 6.30. The minimum Gasteiger partial charge on any atom is -0.491 e. The summed E-state index contributed by atoms with van der Waals surface area (Å²) in [6.45, 7) is 12.9. The molecule has 4 aromatic rings. The quantitative estimate of drug-likeness (QED) is 0.195. The Labute approximate surface area is 265 Å². The molecule has 0 spiro atoms. The van der Waals surface area contributed by atoms with Gasteiger partial charge in [0.15, 0.2) is 0 Å². The topological polar surface area (TPSA) is 71.8 Å². The van der Waals surface area contributed by atoms with Crippen molar-refractivity contribution in [3.05, 3.63) is 94.1 Å². The molecule has 1 atom stereocenters. The molecule has 5 rings (SSSR count). The van der Waals surface area contributed by atoms with E-state index in [2.05, 4.69) is 43.5 Å². The lowest BCUT2D eigenvalue weighted by Gasteiger charge is -2.24. The van der Waals surface area contributed by atoms with E-state index in [9.17, 15) is 14.7 Å². The molecule has 6 nitrogen and oxygen atoms in total. The van der Waals surface area contributed by atoms with E-state index < -0.39 is 11.4 Å². The molecule has 0 radical (unpaired) electrons. The number of carboxylic acid groups (broad SMARTS) is 1. The number of carboxylic acids is 1. The highest BCUT2D eigenvalue weighted by Gasteiger charge is 2.33. The molecule has 1 N–H and O–H groups in total. The van der Waals surface area contributed by atoms with E-state index in [1.165, 1.54) is 5.56 Å². The van der Waals surface area contributed by atoms with Gasteiger partial charge in [0, 0.05) is 47.2 Å². The number of hydrogen-bond acceptors (Lipinski definition) is 3. The lowest BCUT2D eigenvalue weighted by molar-refractivity contribution is -0.146. The fraction of sp³-hybridized carbons (Fsp3) is 0.405. The van der Waals surface area contributed by atoms with Crippen molar-refractivity contribution >= 4 is 40.1 Å². The molecule has 0 bridgehead atoms. The summed E-state index contributed by atoms with van der Waals surface area (Å²) >= 11 is 6.19. The molecular weight excluding hydrogens is 572 g/mol. The molecule has 0 aliphatic carbocycles. The fourth-order valence-electron chi connectivity index (χ4n) is 6.19. The number of para-hydroxylation sites is 1. The molecule has 3 aromatic carbocycles. The van der Waals surface area contributed by atoms with Gasteiger partial charge in [0.2, 0.25) is 5.91 Å². The number of rotatable bonds is 10. The maximum Gasteiger partial charge on any atom is 0.309 e. The Morgan fingerprint density at radius 1 is 1.00 bits per heavy atom. The summed E-state index contributed by atoms with van der Waals surface area (Å²) in [5.41, 5.74) is 5.61. The Balaban J connectivity index is 1.55. The summed E-state index contributed by atoms with van der Waals surface area (Å²) in [7, 11) is 0. The van der Waals surface area contributed by atoms with Crippen LogP contribution in [0.1, 0.15) is 70.3 Å². The first kappa shape index (κ1) is 31.6. The number of aryl methyl sites for hydroxylation is 1. The monoisotopic (exact) mass is 614 g/mol. The lowest BCUT2D eigenvalue weighted by atomic mass is 9.84. The highest BCUT2D eigenvalue weighted by Crippen LogP contribution is 2.38. The van der Waals surface area contributed by atoms with Gasteiger partial charge in [-0.1, -0.05) is 62.7 Å². The predicted molar refractivity (Wildman–Crippen MR) is 178 cm³/mol. The van der Waals surface area contributed by atoms with Crippen LogP contribution in [0.25, 0.3) is 10.9 Å². The number of anilines is 1. The van der Waals surface area contributed by atoms with Gasteiger partial charge in [0.25, 0.3) is 0 Å². The molecule has 1 amide bonds. The van der Waals surface area contributed by atoms with Gasteiger partial charge >= 0.3 is 5.97 Å². The number of ether oxygens (including phenoxy) is 1. The average molecular weight is 615 g/mol. The normalized spacial score (nSPS) is 15.1. The molecule has 1 aliphatic rings. The van der Waals surface area contributed by atoms with Crippen molar-refractivity contribution in [3.63, 3.8) is 0 Å². The molecule has 7 heteroatoms. The summed E-state index contributed by atoms with van der Waals surface area (Å²) in [5.74, 6) is -0.0748.